The number of nitrogens with zero attached hydrogens (tertiary/aromatic N) is 2. The first-order chi connectivity index (χ1) is 8.67. The number of imidazole rings is 1. The molecule has 0 atom stereocenters. The Bertz CT molecular complexity index is 493. The van der Waals surface area contributed by atoms with E-state index < -0.39 is 0 Å². The lowest BCUT2D eigenvalue weighted by Crippen LogP contribution is -2.28. The predicted molar refractivity (Wildman–Crippen MR) is 76.1 cm³/mol. The molecule has 1 saturated carbocycles. The average Bonchev–Trinajstić information content (AvgIpc) is 2.74. The summed E-state index contributed by atoms with van der Waals surface area (Å²) >= 11 is 1.71. The number of hydrogen-bond acceptors (Lipinski definition) is 3. The van der Waals surface area contributed by atoms with Crippen LogP contribution in [0.3, 0.4) is 0 Å². The second-order valence-electron chi connectivity index (χ2n) is 6.03. The molecule has 0 amide bonds. The van der Waals surface area contributed by atoms with E-state index in [0.29, 0.717) is 5.41 Å². The van der Waals surface area contributed by atoms with E-state index in [1.54, 1.807) is 11.3 Å². The Balaban J connectivity index is 1.60. The maximum Gasteiger partial charge on any atom is 0.193 e. The van der Waals surface area contributed by atoms with Crippen molar-refractivity contribution in [3.05, 3.63) is 23.5 Å². The van der Waals surface area contributed by atoms with Gasteiger partial charge in [-0.2, -0.15) is 0 Å². The zero-order valence-corrected chi connectivity index (χ0v) is 12.0. The molecule has 4 heteroatoms. The lowest BCUT2D eigenvalue weighted by molar-refractivity contribution is 0.429. The molecule has 0 radical (unpaired) electrons. The molecule has 0 unspecified atom stereocenters. The lowest BCUT2D eigenvalue weighted by Gasteiger charge is -2.15. The third-order valence-electron chi connectivity index (χ3n) is 3.71. The average molecular weight is 263 g/mol. The van der Waals surface area contributed by atoms with Crippen molar-refractivity contribution < 1.29 is 0 Å². The van der Waals surface area contributed by atoms with E-state index >= 15 is 0 Å². The number of aromatic nitrogens is 2. The maximum absolute atomic E-state index is 4.69. The lowest BCUT2D eigenvalue weighted by atomic mass is 10.0. The quantitative estimate of drug-likeness (QED) is 0.868. The van der Waals surface area contributed by atoms with Gasteiger partial charge in [0.15, 0.2) is 4.96 Å². The second kappa shape index (κ2) is 4.67. The first kappa shape index (κ1) is 12.2. The molecule has 1 aliphatic rings. The highest BCUT2D eigenvalue weighted by molar-refractivity contribution is 7.15. The smallest absolute Gasteiger partial charge is 0.193 e. The van der Waals surface area contributed by atoms with Gasteiger partial charge in [-0.1, -0.05) is 13.8 Å². The first-order valence-corrected chi connectivity index (χ1v) is 7.67. The van der Waals surface area contributed by atoms with Crippen LogP contribution >= 0.6 is 11.3 Å². The summed E-state index contributed by atoms with van der Waals surface area (Å²) in [5.41, 5.74) is 1.75. The molecule has 0 aromatic carbocycles. The van der Waals surface area contributed by atoms with Crippen LogP contribution in [-0.2, 0) is 6.42 Å². The van der Waals surface area contributed by atoms with Crippen molar-refractivity contribution in [2.75, 3.05) is 13.1 Å². The van der Waals surface area contributed by atoms with Gasteiger partial charge in [0.2, 0.25) is 0 Å². The van der Waals surface area contributed by atoms with Crippen molar-refractivity contribution in [3.63, 3.8) is 0 Å². The van der Waals surface area contributed by atoms with Crippen LogP contribution in [0.4, 0.5) is 0 Å². The molecule has 0 aliphatic heterocycles. The van der Waals surface area contributed by atoms with Crippen LogP contribution in [0.2, 0.25) is 0 Å². The van der Waals surface area contributed by atoms with E-state index in [4.69, 9.17) is 4.98 Å². The van der Waals surface area contributed by atoms with Crippen LogP contribution in [0.5, 0.6) is 0 Å². The Hall–Kier alpha value is -0.870. The summed E-state index contributed by atoms with van der Waals surface area (Å²) in [6.45, 7) is 6.79. The molecule has 3 rings (SSSR count). The molecule has 2 aromatic heterocycles. The van der Waals surface area contributed by atoms with Gasteiger partial charge in [-0.3, -0.25) is 4.40 Å². The van der Waals surface area contributed by atoms with Crippen LogP contribution in [-0.4, -0.2) is 22.5 Å². The number of hydrogen-bond donors (Lipinski definition) is 1. The fourth-order valence-corrected chi connectivity index (χ4v) is 3.18. The van der Waals surface area contributed by atoms with Gasteiger partial charge in [0, 0.05) is 24.3 Å². The van der Waals surface area contributed by atoms with Crippen molar-refractivity contribution in [2.45, 2.75) is 33.1 Å². The summed E-state index contributed by atoms with van der Waals surface area (Å²) in [4.78, 5) is 5.82. The van der Waals surface area contributed by atoms with Crippen LogP contribution in [0.1, 0.15) is 32.4 Å². The Labute approximate surface area is 112 Å². The van der Waals surface area contributed by atoms with Crippen molar-refractivity contribution in [1.29, 1.82) is 0 Å². The molecule has 98 valence electrons. The van der Waals surface area contributed by atoms with Gasteiger partial charge >= 0.3 is 0 Å². The summed E-state index contributed by atoms with van der Waals surface area (Å²) in [6.07, 6.45) is 8.11. The number of thiazole rings is 1. The summed E-state index contributed by atoms with van der Waals surface area (Å²) in [5.74, 6) is 0.735. The van der Waals surface area contributed by atoms with Gasteiger partial charge in [0.25, 0.3) is 0 Å². The van der Waals surface area contributed by atoms with E-state index in [0.717, 1.165) is 30.4 Å². The third kappa shape index (κ3) is 2.59. The summed E-state index contributed by atoms with van der Waals surface area (Å²) < 4.78 is 2.14. The molecule has 0 spiro atoms. The Morgan fingerprint density at radius 3 is 3.00 bits per heavy atom. The van der Waals surface area contributed by atoms with Gasteiger partial charge < -0.3 is 5.32 Å². The Morgan fingerprint density at radius 2 is 2.33 bits per heavy atom. The maximum atomic E-state index is 4.69. The van der Waals surface area contributed by atoms with Crippen molar-refractivity contribution >= 4 is 16.3 Å². The Kier molecular flexibility index (Phi) is 3.16. The van der Waals surface area contributed by atoms with Crippen molar-refractivity contribution in [1.82, 2.24) is 14.7 Å². The summed E-state index contributed by atoms with van der Waals surface area (Å²) in [5, 5.41) is 5.69. The molecule has 0 bridgehead atoms. The molecule has 2 aromatic rings. The molecule has 2 heterocycles. The summed E-state index contributed by atoms with van der Waals surface area (Å²) in [6, 6.07) is 0. The highest BCUT2D eigenvalue weighted by atomic mass is 32.1. The minimum atomic E-state index is 0.499. The fraction of sp³-hybridized carbons (Fsp3) is 0.643. The minimum absolute atomic E-state index is 0.499. The third-order valence-corrected chi connectivity index (χ3v) is 4.48. The van der Waals surface area contributed by atoms with E-state index in [9.17, 15) is 0 Å². The van der Waals surface area contributed by atoms with Crippen LogP contribution in [0, 0.1) is 11.3 Å². The topological polar surface area (TPSA) is 29.3 Å². The second-order valence-corrected chi connectivity index (χ2v) is 6.90. The van der Waals surface area contributed by atoms with Crippen molar-refractivity contribution in [3.8, 4) is 0 Å². The minimum Gasteiger partial charge on any atom is -0.316 e. The van der Waals surface area contributed by atoms with Crippen LogP contribution in [0.15, 0.2) is 17.8 Å². The van der Waals surface area contributed by atoms with Gasteiger partial charge in [-0.05, 0) is 37.1 Å². The zero-order valence-electron chi connectivity index (χ0n) is 11.1. The zero-order chi connectivity index (χ0) is 12.6. The highest BCUT2D eigenvalue weighted by Gasteiger charge is 2.42. The number of nitrogens with one attached hydrogen (secondary N) is 1. The number of fused-ring (bicyclic) bond motifs is 1. The van der Waals surface area contributed by atoms with E-state index in [1.165, 1.54) is 18.5 Å². The molecular weight excluding hydrogens is 242 g/mol. The summed E-state index contributed by atoms with van der Waals surface area (Å²) in [7, 11) is 0. The van der Waals surface area contributed by atoms with E-state index in [-0.39, 0.29) is 0 Å². The predicted octanol–water partition coefficient (Wildman–Crippen LogP) is 2.96. The van der Waals surface area contributed by atoms with Gasteiger partial charge in [0.05, 0.1) is 5.69 Å². The first-order valence-electron chi connectivity index (χ1n) is 6.79. The largest absolute Gasteiger partial charge is 0.316 e. The molecule has 1 aliphatic carbocycles. The number of rotatable bonds is 6. The SMILES string of the molecule is CC(C)CNCC1(Cc2cn3ccsc3n2)CC1. The van der Waals surface area contributed by atoms with Gasteiger partial charge in [-0.25, -0.2) is 4.98 Å². The molecule has 0 saturated heterocycles. The fourth-order valence-electron chi connectivity index (χ4n) is 2.46. The molecule has 1 N–H and O–H groups in total. The van der Waals surface area contributed by atoms with Crippen LogP contribution < -0.4 is 5.32 Å². The Morgan fingerprint density at radius 1 is 1.50 bits per heavy atom. The highest BCUT2D eigenvalue weighted by Crippen LogP contribution is 2.47. The monoisotopic (exact) mass is 263 g/mol. The molecular formula is C14H21N3S. The molecule has 18 heavy (non-hydrogen) atoms. The standard InChI is InChI=1S/C14H21N3S/c1-11(2)8-15-10-14(3-4-14)7-12-9-17-5-6-18-13(17)16-12/h5-6,9,11,15H,3-4,7-8,10H2,1-2H3. The van der Waals surface area contributed by atoms with Gasteiger partial charge in [-0.15, -0.1) is 11.3 Å². The normalized spacial score (nSPS) is 17.7. The van der Waals surface area contributed by atoms with Crippen LogP contribution in [0.25, 0.3) is 4.96 Å². The van der Waals surface area contributed by atoms with E-state index in [2.05, 4.69) is 41.3 Å². The van der Waals surface area contributed by atoms with E-state index in [1.807, 2.05) is 0 Å². The molecule has 3 nitrogen and oxygen atoms in total. The van der Waals surface area contributed by atoms with Crippen molar-refractivity contribution in [2.24, 2.45) is 11.3 Å². The molecule has 1 fully saturated rings. The van der Waals surface area contributed by atoms with Gasteiger partial charge in [0.1, 0.15) is 0 Å².